The van der Waals surface area contributed by atoms with Gasteiger partial charge in [0.25, 0.3) is 0 Å². The van der Waals surface area contributed by atoms with Gasteiger partial charge in [-0.05, 0) is 35.2 Å². The molecule has 2 rings (SSSR count). The number of hydrogen-bond acceptors (Lipinski definition) is 1. The van der Waals surface area contributed by atoms with Crippen molar-refractivity contribution in [3.63, 3.8) is 0 Å². The molecule has 18 heavy (non-hydrogen) atoms. The molecule has 94 valence electrons. The van der Waals surface area contributed by atoms with Crippen LogP contribution in [0.1, 0.15) is 29.5 Å². The van der Waals surface area contributed by atoms with Gasteiger partial charge in [-0.15, -0.1) is 0 Å². The molecular weight excluding hydrogens is 242 g/mol. The molecule has 0 spiro atoms. The van der Waals surface area contributed by atoms with Crippen molar-refractivity contribution < 1.29 is 0 Å². The van der Waals surface area contributed by atoms with Crippen LogP contribution >= 0.6 is 11.6 Å². The quantitative estimate of drug-likeness (QED) is 0.883. The minimum absolute atomic E-state index is 0.244. The van der Waals surface area contributed by atoms with Crippen LogP contribution in [0.15, 0.2) is 48.5 Å². The third kappa shape index (κ3) is 2.92. The average Bonchev–Trinajstić information content (AvgIpc) is 2.42. The summed E-state index contributed by atoms with van der Waals surface area (Å²) in [5.41, 5.74) is 9.74. The predicted octanol–water partition coefficient (Wildman–Crippen LogP) is 3.99. The minimum Gasteiger partial charge on any atom is -0.330 e. The van der Waals surface area contributed by atoms with Gasteiger partial charge in [-0.25, -0.2) is 0 Å². The van der Waals surface area contributed by atoms with Crippen molar-refractivity contribution in [3.05, 3.63) is 70.2 Å². The highest BCUT2D eigenvalue weighted by molar-refractivity contribution is 6.30. The van der Waals surface area contributed by atoms with Crippen molar-refractivity contribution in [2.45, 2.75) is 19.3 Å². The molecule has 0 aliphatic carbocycles. The highest BCUT2D eigenvalue weighted by Crippen LogP contribution is 2.25. The lowest BCUT2D eigenvalue weighted by molar-refractivity contribution is 0.818. The van der Waals surface area contributed by atoms with Gasteiger partial charge in [0, 0.05) is 17.5 Å². The number of rotatable bonds is 4. The van der Waals surface area contributed by atoms with Crippen molar-refractivity contribution in [1.82, 2.24) is 0 Å². The first-order valence-electron chi connectivity index (χ1n) is 6.29. The number of benzene rings is 2. The van der Waals surface area contributed by atoms with Crippen LogP contribution in [0.2, 0.25) is 5.02 Å². The standard InChI is InChI=1S/C16H18ClN/c1-2-12-3-5-13(6-4-12)16(11-18)14-7-9-15(17)10-8-14/h3-10,16H,2,11,18H2,1H3. The lowest BCUT2D eigenvalue weighted by Crippen LogP contribution is -2.13. The molecule has 0 fully saturated rings. The van der Waals surface area contributed by atoms with Crippen molar-refractivity contribution in [2.24, 2.45) is 5.73 Å². The van der Waals surface area contributed by atoms with Gasteiger partial charge in [-0.3, -0.25) is 0 Å². The van der Waals surface area contributed by atoms with Crippen LogP contribution in [0.3, 0.4) is 0 Å². The molecule has 2 heteroatoms. The molecule has 0 saturated carbocycles. The van der Waals surface area contributed by atoms with Crippen LogP contribution in [0.4, 0.5) is 0 Å². The Kier molecular flexibility index (Phi) is 4.40. The summed E-state index contributed by atoms with van der Waals surface area (Å²) in [6.45, 7) is 2.77. The zero-order valence-electron chi connectivity index (χ0n) is 10.6. The lowest BCUT2D eigenvalue weighted by Gasteiger charge is -2.16. The second-order valence-electron chi connectivity index (χ2n) is 4.43. The van der Waals surface area contributed by atoms with Gasteiger partial charge in [0.1, 0.15) is 0 Å². The number of nitrogens with two attached hydrogens (primary N) is 1. The average molecular weight is 260 g/mol. The molecule has 0 bridgehead atoms. The van der Waals surface area contributed by atoms with E-state index in [1.807, 2.05) is 24.3 Å². The van der Waals surface area contributed by atoms with Crippen LogP contribution in [-0.2, 0) is 6.42 Å². The van der Waals surface area contributed by atoms with Crippen molar-refractivity contribution >= 4 is 11.6 Å². The van der Waals surface area contributed by atoms with E-state index in [4.69, 9.17) is 17.3 Å². The molecule has 0 aliphatic rings. The van der Waals surface area contributed by atoms with Gasteiger partial charge in [0.2, 0.25) is 0 Å². The Morgan fingerprint density at radius 3 is 1.89 bits per heavy atom. The molecule has 2 aromatic rings. The van der Waals surface area contributed by atoms with E-state index in [2.05, 4.69) is 31.2 Å². The molecule has 0 heterocycles. The highest BCUT2D eigenvalue weighted by Gasteiger charge is 2.11. The number of hydrogen-bond donors (Lipinski definition) is 1. The Morgan fingerprint density at radius 1 is 0.944 bits per heavy atom. The zero-order chi connectivity index (χ0) is 13.0. The summed E-state index contributed by atoms with van der Waals surface area (Å²) in [7, 11) is 0. The fourth-order valence-electron chi connectivity index (χ4n) is 2.15. The van der Waals surface area contributed by atoms with Gasteiger partial charge < -0.3 is 5.73 Å². The van der Waals surface area contributed by atoms with Crippen LogP contribution in [0.25, 0.3) is 0 Å². The van der Waals surface area contributed by atoms with Crippen molar-refractivity contribution in [2.75, 3.05) is 6.54 Å². The van der Waals surface area contributed by atoms with Gasteiger partial charge in [0.05, 0.1) is 0 Å². The van der Waals surface area contributed by atoms with Crippen LogP contribution < -0.4 is 5.73 Å². The molecule has 2 N–H and O–H groups in total. The molecule has 0 radical (unpaired) electrons. The maximum Gasteiger partial charge on any atom is 0.0406 e. The molecule has 1 nitrogen and oxygen atoms in total. The SMILES string of the molecule is CCc1ccc(C(CN)c2ccc(Cl)cc2)cc1. The lowest BCUT2D eigenvalue weighted by atomic mass is 9.91. The van der Waals surface area contributed by atoms with E-state index in [9.17, 15) is 0 Å². The van der Waals surface area contributed by atoms with Gasteiger partial charge in [0.15, 0.2) is 0 Å². The van der Waals surface area contributed by atoms with E-state index in [0.717, 1.165) is 11.4 Å². The Labute approximate surface area is 114 Å². The van der Waals surface area contributed by atoms with Crippen LogP contribution in [0, 0.1) is 0 Å². The van der Waals surface area contributed by atoms with E-state index >= 15 is 0 Å². The normalized spacial score (nSPS) is 12.4. The zero-order valence-corrected chi connectivity index (χ0v) is 11.3. The van der Waals surface area contributed by atoms with Gasteiger partial charge >= 0.3 is 0 Å². The molecule has 0 saturated heterocycles. The van der Waals surface area contributed by atoms with Crippen LogP contribution in [0.5, 0.6) is 0 Å². The van der Waals surface area contributed by atoms with E-state index in [1.54, 1.807) is 0 Å². The molecule has 1 atom stereocenters. The Hall–Kier alpha value is -1.31. The minimum atomic E-state index is 0.244. The molecule has 2 aromatic carbocycles. The van der Waals surface area contributed by atoms with E-state index in [1.165, 1.54) is 16.7 Å². The second-order valence-corrected chi connectivity index (χ2v) is 4.87. The third-order valence-corrected chi connectivity index (χ3v) is 3.55. The Bertz CT molecular complexity index is 488. The smallest absolute Gasteiger partial charge is 0.0406 e. The largest absolute Gasteiger partial charge is 0.330 e. The van der Waals surface area contributed by atoms with Gasteiger partial charge in [-0.1, -0.05) is 54.9 Å². The summed E-state index contributed by atoms with van der Waals surface area (Å²) >= 11 is 5.91. The summed E-state index contributed by atoms with van der Waals surface area (Å²) in [6.07, 6.45) is 1.06. The van der Waals surface area contributed by atoms with E-state index in [0.29, 0.717) is 6.54 Å². The summed E-state index contributed by atoms with van der Waals surface area (Å²) in [6, 6.07) is 16.6. The van der Waals surface area contributed by atoms with E-state index in [-0.39, 0.29) is 5.92 Å². The molecular formula is C16H18ClN. The maximum absolute atomic E-state index is 5.91. The first kappa shape index (κ1) is 13.1. The fraction of sp³-hybridized carbons (Fsp3) is 0.250. The monoisotopic (exact) mass is 259 g/mol. The summed E-state index contributed by atoms with van der Waals surface area (Å²) in [5, 5.41) is 0.760. The Balaban J connectivity index is 2.29. The summed E-state index contributed by atoms with van der Waals surface area (Å²) in [4.78, 5) is 0. The first-order chi connectivity index (χ1) is 8.74. The molecule has 0 amide bonds. The molecule has 0 aliphatic heterocycles. The fourth-order valence-corrected chi connectivity index (χ4v) is 2.27. The second kappa shape index (κ2) is 6.03. The maximum atomic E-state index is 5.91. The summed E-state index contributed by atoms with van der Waals surface area (Å²) < 4.78 is 0. The van der Waals surface area contributed by atoms with Crippen molar-refractivity contribution in [1.29, 1.82) is 0 Å². The third-order valence-electron chi connectivity index (χ3n) is 3.30. The summed E-state index contributed by atoms with van der Waals surface area (Å²) in [5.74, 6) is 0.244. The Morgan fingerprint density at radius 2 is 1.44 bits per heavy atom. The van der Waals surface area contributed by atoms with Crippen molar-refractivity contribution in [3.8, 4) is 0 Å². The number of halogens is 1. The predicted molar refractivity (Wildman–Crippen MR) is 78.2 cm³/mol. The first-order valence-corrected chi connectivity index (χ1v) is 6.66. The topological polar surface area (TPSA) is 26.0 Å². The number of aryl methyl sites for hydroxylation is 1. The van der Waals surface area contributed by atoms with Gasteiger partial charge in [-0.2, -0.15) is 0 Å². The molecule has 0 aromatic heterocycles. The van der Waals surface area contributed by atoms with E-state index < -0.39 is 0 Å². The van der Waals surface area contributed by atoms with Crippen LogP contribution in [-0.4, -0.2) is 6.54 Å². The molecule has 1 unspecified atom stereocenters. The highest BCUT2D eigenvalue weighted by atomic mass is 35.5.